The van der Waals surface area contributed by atoms with Crippen molar-refractivity contribution < 1.29 is 14.3 Å². The summed E-state index contributed by atoms with van der Waals surface area (Å²) in [5, 5.41) is 0.988. The number of nitrogens with zero attached hydrogens (tertiary/aromatic N) is 3. The number of aromatic nitrogens is 1. The molecule has 1 aromatic carbocycles. The molecule has 140 valence electrons. The van der Waals surface area contributed by atoms with Crippen LogP contribution in [-0.4, -0.2) is 59.5 Å². The topological polar surface area (TPSA) is 54.8 Å². The number of amides is 2. The number of aryl methyl sites for hydroxylation is 1. The van der Waals surface area contributed by atoms with E-state index in [1.807, 2.05) is 42.9 Å². The molecule has 26 heavy (non-hydrogen) atoms. The van der Waals surface area contributed by atoms with Gasteiger partial charge in [-0.2, -0.15) is 0 Å². The molecule has 2 aromatic rings. The highest BCUT2D eigenvalue weighted by molar-refractivity contribution is 6.01. The third kappa shape index (κ3) is 3.16. The van der Waals surface area contributed by atoms with E-state index in [2.05, 4.69) is 6.92 Å². The standard InChI is InChI=1S/C20H27N3O3/c1-5-6-7-16-19(24)21(2)10-11-23(16)20(25)18-12-14-8-9-15(26-4)13-17(14)22(18)3/h8-9,12-13,16H,5-7,10-11H2,1-4H3/t16-/m1/s1. The summed E-state index contributed by atoms with van der Waals surface area (Å²) in [6.45, 7) is 3.24. The second-order valence-corrected chi connectivity index (χ2v) is 6.93. The van der Waals surface area contributed by atoms with Crippen molar-refractivity contribution in [2.45, 2.75) is 32.2 Å². The summed E-state index contributed by atoms with van der Waals surface area (Å²) in [5.74, 6) is 0.719. The number of unbranched alkanes of at least 4 members (excludes halogenated alkanes) is 1. The smallest absolute Gasteiger partial charge is 0.271 e. The zero-order valence-electron chi connectivity index (χ0n) is 16.0. The Kier molecular flexibility index (Phi) is 5.20. The fraction of sp³-hybridized carbons (Fsp3) is 0.500. The lowest BCUT2D eigenvalue weighted by Gasteiger charge is -2.39. The summed E-state index contributed by atoms with van der Waals surface area (Å²) < 4.78 is 7.18. The number of carbonyl (C=O) groups excluding carboxylic acids is 2. The summed E-state index contributed by atoms with van der Waals surface area (Å²) in [6, 6.07) is 7.30. The molecule has 0 radical (unpaired) electrons. The molecule has 6 nitrogen and oxygen atoms in total. The van der Waals surface area contributed by atoms with E-state index in [9.17, 15) is 9.59 Å². The van der Waals surface area contributed by atoms with Crippen LogP contribution in [0.2, 0.25) is 0 Å². The molecule has 2 amide bonds. The van der Waals surface area contributed by atoms with Gasteiger partial charge in [-0.1, -0.05) is 19.8 Å². The van der Waals surface area contributed by atoms with Crippen LogP contribution in [0.1, 0.15) is 36.7 Å². The highest BCUT2D eigenvalue weighted by atomic mass is 16.5. The van der Waals surface area contributed by atoms with Crippen LogP contribution in [-0.2, 0) is 11.8 Å². The van der Waals surface area contributed by atoms with Gasteiger partial charge in [0.25, 0.3) is 5.91 Å². The van der Waals surface area contributed by atoms with Gasteiger partial charge in [0.15, 0.2) is 0 Å². The predicted octanol–water partition coefficient (Wildman–Crippen LogP) is 2.66. The number of methoxy groups -OCH3 is 1. The minimum atomic E-state index is -0.367. The van der Waals surface area contributed by atoms with Crippen molar-refractivity contribution in [1.29, 1.82) is 0 Å². The zero-order chi connectivity index (χ0) is 18.8. The maximum atomic E-state index is 13.3. The van der Waals surface area contributed by atoms with Crippen molar-refractivity contribution >= 4 is 22.7 Å². The molecule has 2 heterocycles. The van der Waals surface area contributed by atoms with Gasteiger partial charge >= 0.3 is 0 Å². The number of hydrogen-bond donors (Lipinski definition) is 0. The summed E-state index contributed by atoms with van der Waals surface area (Å²) in [4.78, 5) is 29.4. The van der Waals surface area contributed by atoms with E-state index in [0.29, 0.717) is 25.2 Å². The molecular formula is C20H27N3O3. The molecule has 0 aliphatic carbocycles. The molecule has 0 bridgehead atoms. The minimum Gasteiger partial charge on any atom is -0.497 e. The fourth-order valence-corrected chi connectivity index (χ4v) is 3.62. The summed E-state index contributed by atoms with van der Waals surface area (Å²) >= 11 is 0. The Bertz CT molecular complexity index is 827. The van der Waals surface area contributed by atoms with E-state index < -0.39 is 0 Å². The predicted molar refractivity (Wildman–Crippen MR) is 101 cm³/mol. The number of carbonyl (C=O) groups is 2. The highest BCUT2D eigenvalue weighted by Gasteiger charge is 2.36. The van der Waals surface area contributed by atoms with Gasteiger partial charge in [-0.15, -0.1) is 0 Å². The minimum absolute atomic E-state index is 0.0403. The normalized spacial score (nSPS) is 17.8. The molecule has 1 fully saturated rings. The first-order valence-corrected chi connectivity index (χ1v) is 9.17. The molecule has 1 aliphatic rings. The number of fused-ring (bicyclic) bond motifs is 1. The Morgan fingerprint density at radius 3 is 2.69 bits per heavy atom. The number of benzene rings is 1. The van der Waals surface area contributed by atoms with Crippen LogP contribution in [0.25, 0.3) is 10.9 Å². The molecule has 0 unspecified atom stereocenters. The molecule has 1 aliphatic heterocycles. The Balaban J connectivity index is 1.95. The van der Waals surface area contributed by atoms with E-state index in [-0.39, 0.29) is 17.9 Å². The van der Waals surface area contributed by atoms with Crippen LogP contribution in [0.5, 0.6) is 5.75 Å². The van der Waals surface area contributed by atoms with Crippen molar-refractivity contribution in [2.24, 2.45) is 7.05 Å². The van der Waals surface area contributed by atoms with E-state index in [1.54, 1.807) is 16.9 Å². The zero-order valence-corrected chi connectivity index (χ0v) is 16.0. The monoisotopic (exact) mass is 357 g/mol. The number of piperazine rings is 1. The van der Waals surface area contributed by atoms with Gasteiger partial charge in [-0.05, 0) is 24.6 Å². The van der Waals surface area contributed by atoms with Gasteiger partial charge < -0.3 is 19.1 Å². The number of rotatable bonds is 5. The van der Waals surface area contributed by atoms with Crippen LogP contribution < -0.4 is 4.74 Å². The Morgan fingerprint density at radius 1 is 1.23 bits per heavy atom. The van der Waals surface area contributed by atoms with Crippen LogP contribution in [0.15, 0.2) is 24.3 Å². The first-order valence-electron chi connectivity index (χ1n) is 9.17. The van der Waals surface area contributed by atoms with Gasteiger partial charge in [0, 0.05) is 38.6 Å². The molecule has 0 N–H and O–H groups in total. The van der Waals surface area contributed by atoms with Gasteiger partial charge in [-0.25, -0.2) is 0 Å². The Morgan fingerprint density at radius 2 is 2.00 bits per heavy atom. The van der Waals surface area contributed by atoms with Crippen LogP contribution in [0, 0.1) is 0 Å². The summed E-state index contributed by atoms with van der Waals surface area (Å²) in [5.41, 5.74) is 1.55. The van der Waals surface area contributed by atoms with Crippen LogP contribution >= 0.6 is 0 Å². The lowest BCUT2D eigenvalue weighted by atomic mass is 10.0. The molecular weight excluding hydrogens is 330 g/mol. The fourth-order valence-electron chi connectivity index (χ4n) is 3.62. The van der Waals surface area contributed by atoms with Gasteiger partial charge in [0.2, 0.25) is 5.91 Å². The number of ether oxygens (including phenoxy) is 1. The number of likely N-dealkylation sites (N-methyl/N-ethyl adjacent to an activating group) is 1. The van der Waals surface area contributed by atoms with Crippen molar-refractivity contribution in [2.75, 3.05) is 27.2 Å². The summed E-state index contributed by atoms with van der Waals surface area (Å²) in [6.07, 6.45) is 2.65. The molecule has 0 spiro atoms. The number of hydrogen-bond acceptors (Lipinski definition) is 3. The molecule has 1 saturated heterocycles. The van der Waals surface area contributed by atoms with Crippen molar-refractivity contribution in [3.05, 3.63) is 30.0 Å². The van der Waals surface area contributed by atoms with Gasteiger partial charge in [-0.3, -0.25) is 9.59 Å². The van der Waals surface area contributed by atoms with Crippen LogP contribution in [0.4, 0.5) is 0 Å². The molecule has 0 saturated carbocycles. The van der Waals surface area contributed by atoms with Gasteiger partial charge in [0.05, 0.1) is 12.6 Å². The largest absolute Gasteiger partial charge is 0.497 e. The molecule has 1 atom stereocenters. The Hall–Kier alpha value is -2.50. The van der Waals surface area contributed by atoms with Crippen molar-refractivity contribution in [3.63, 3.8) is 0 Å². The quantitative estimate of drug-likeness (QED) is 0.827. The van der Waals surface area contributed by atoms with E-state index >= 15 is 0 Å². The maximum absolute atomic E-state index is 13.3. The SMILES string of the molecule is CCCC[C@@H]1C(=O)N(C)CCN1C(=O)c1cc2ccc(OC)cc2n1C. The summed E-state index contributed by atoms with van der Waals surface area (Å²) in [7, 11) is 5.32. The van der Waals surface area contributed by atoms with Crippen molar-refractivity contribution in [1.82, 2.24) is 14.4 Å². The first-order chi connectivity index (χ1) is 12.5. The molecule has 3 rings (SSSR count). The average molecular weight is 357 g/mol. The maximum Gasteiger partial charge on any atom is 0.271 e. The molecule has 6 heteroatoms. The lowest BCUT2D eigenvalue weighted by molar-refractivity contribution is -0.138. The first kappa shape index (κ1) is 18.3. The third-order valence-corrected chi connectivity index (χ3v) is 5.28. The van der Waals surface area contributed by atoms with Crippen LogP contribution in [0.3, 0.4) is 0 Å². The molecule has 1 aromatic heterocycles. The van der Waals surface area contributed by atoms with E-state index in [0.717, 1.165) is 29.5 Å². The third-order valence-electron chi connectivity index (χ3n) is 5.28. The second-order valence-electron chi connectivity index (χ2n) is 6.93. The Labute approximate surface area is 154 Å². The van der Waals surface area contributed by atoms with Crippen molar-refractivity contribution in [3.8, 4) is 5.75 Å². The van der Waals surface area contributed by atoms with Gasteiger partial charge in [0.1, 0.15) is 17.5 Å². The second kappa shape index (κ2) is 7.40. The average Bonchev–Trinajstić information content (AvgIpc) is 2.98. The van der Waals surface area contributed by atoms with E-state index in [4.69, 9.17) is 4.74 Å². The lowest BCUT2D eigenvalue weighted by Crippen LogP contribution is -2.57. The highest BCUT2D eigenvalue weighted by Crippen LogP contribution is 2.26. The van der Waals surface area contributed by atoms with E-state index in [1.165, 1.54) is 0 Å².